The highest BCUT2D eigenvalue weighted by atomic mass is 14.9. The van der Waals surface area contributed by atoms with Crippen molar-refractivity contribution in [1.82, 2.24) is 20.3 Å². The Morgan fingerprint density at radius 3 is 2.90 bits per heavy atom. The molecular formula is C17H20N4. The standard InChI is InChI=1S/C17H20N4/c1-13(6-7-16-11-18-12-20-16)19-9-8-15-10-14-4-2-3-5-17(14)21-15/h2-5,10-12,19,21H,1,6-9H2,(H,18,20). The van der Waals surface area contributed by atoms with Crippen molar-refractivity contribution in [2.24, 2.45) is 0 Å². The van der Waals surface area contributed by atoms with Gasteiger partial charge in [-0.1, -0.05) is 24.8 Å². The number of aryl methyl sites for hydroxylation is 1. The number of rotatable bonds is 7. The van der Waals surface area contributed by atoms with Crippen molar-refractivity contribution in [3.8, 4) is 0 Å². The van der Waals surface area contributed by atoms with Gasteiger partial charge in [0.1, 0.15) is 0 Å². The normalized spacial score (nSPS) is 10.9. The van der Waals surface area contributed by atoms with E-state index in [-0.39, 0.29) is 0 Å². The Hall–Kier alpha value is -2.49. The number of hydrogen-bond donors (Lipinski definition) is 3. The molecule has 0 amide bonds. The fourth-order valence-electron chi connectivity index (χ4n) is 2.44. The molecular weight excluding hydrogens is 260 g/mol. The van der Waals surface area contributed by atoms with Crippen LogP contribution in [-0.2, 0) is 12.8 Å². The molecule has 0 fully saturated rings. The topological polar surface area (TPSA) is 56.5 Å². The van der Waals surface area contributed by atoms with Crippen LogP contribution in [0, 0.1) is 0 Å². The molecule has 0 saturated carbocycles. The molecule has 4 heteroatoms. The maximum atomic E-state index is 4.07. The quantitative estimate of drug-likeness (QED) is 0.622. The van der Waals surface area contributed by atoms with Crippen LogP contribution in [0.1, 0.15) is 17.8 Å². The second-order valence-electron chi connectivity index (χ2n) is 5.24. The number of allylic oxidation sites excluding steroid dienone is 1. The van der Waals surface area contributed by atoms with Crippen LogP contribution >= 0.6 is 0 Å². The molecule has 108 valence electrons. The van der Waals surface area contributed by atoms with Crippen molar-refractivity contribution >= 4 is 10.9 Å². The van der Waals surface area contributed by atoms with Crippen LogP contribution in [0.4, 0.5) is 0 Å². The Bertz CT molecular complexity index is 676. The van der Waals surface area contributed by atoms with Gasteiger partial charge in [0.25, 0.3) is 0 Å². The van der Waals surface area contributed by atoms with Crippen LogP contribution in [0.25, 0.3) is 10.9 Å². The highest BCUT2D eigenvalue weighted by molar-refractivity contribution is 5.80. The van der Waals surface area contributed by atoms with E-state index < -0.39 is 0 Å². The highest BCUT2D eigenvalue weighted by Crippen LogP contribution is 2.14. The summed E-state index contributed by atoms with van der Waals surface area (Å²) in [5.74, 6) is 0. The zero-order valence-corrected chi connectivity index (χ0v) is 12.0. The number of nitrogens with one attached hydrogen (secondary N) is 3. The van der Waals surface area contributed by atoms with Crippen molar-refractivity contribution in [3.63, 3.8) is 0 Å². The zero-order chi connectivity index (χ0) is 14.5. The van der Waals surface area contributed by atoms with Crippen LogP contribution in [0.5, 0.6) is 0 Å². The molecule has 21 heavy (non-hydrogen) atoms. The first-order valence-electron chi connectivity index (χ1n) is 7.27. The van der Waals surface area contributed by atoms with Crippen molar-refractivity contribution < 1.29 is 0 Å². The second kappa shape index (κ2) is 6.31. The lowest BCUT2D eigenvalue weighted by atomic mass is 10.2. The van der Waals surface area contributed by atoms with E-state index in [1.54, 1.807) is 6.33 Å². The van der Waals surface area contributed by atoms with E-state index in [0.717, 1.165) is 37.2 Å². The number of fused-ring (bicyclic) bond motifs is 1. The van der Waals surface area contributed by atoms with E-state index in [1.807, 2.05) is 6.20 Å². The van der Waals surface area contributed by atoms with Crippen molar-refractivity contribution in [2.45, 2.75) is 19.3 Å². The Balaban J connectivity index is 1.44. The number of aromatic amines is 2. The highest BCUT2D eigenvalue weighted by Gasteiger charge is 2.01. The number of benzene rings is 1. The minimum absolute atomic E-state index is 0.897. The van der Waals surface area contributed by atoms with Gasteiger partial charge in [0, 0.05) is 41.8 Å². The molecule has 0 bridgehead atoms. The smallest absolute Gasteiger partial charge is 0.0921 e. The Kier molecular flexibility index (Phi) is 4.05. The molecule has 0 spiro atoms. The van der Waals surface area contributed by atoms with Crippen LogP contribution in [0.2, 0.25) is 0 Å². The predicted octanol–water partition coefficient (Wildman–Crippen LogP) is 3.17. The second-order valence-corrected chi connectivity index (χ2v) is 5.24. The van der Waals surface area contributed by atoms with Crippen LogP contribution < -0.4 is 5.32 Å². The first-order valence-corrected chi connectivity index (χ1v) is 7.27. The Morgan fingerprint density at radius 2 is 2.10 bits per heavy atom. The summed E-state index contributed by atoms with van der Waals surface area (Å²) in [4.78, 5) is 10.6. The van der Waals surface area contributed by atoms with Crippen molar-refractivity contribution in [1.29, 1.82) is 0 Å². The van der Waals surface area contributed by atoms with E-state index in [4.69, 9.17) is 0 Å². The number of para-hydroxylation sites is 1. The zero-order valence-electron chi connectivity index (χ0n) is 12.0. The molecule has 1 aromatic carbocycles. The molecule has 4 nitrogen and oxygen atoms in total. The third-order valence-electron chi connectivity index (χ3n) is 3.61. The van der Waals surface area contributed by atoms with Crippen LogP contribution in [-0.4, -0.2) is 21.5 Å². The third kappa shape index (κ3) is 3.54. The lowest BCUT2D eigenvalue weighted by molar-refractivity contribution is 0.729. The number of imidazole rings is 1. The summed E-state index contributed by atoms with van der Waals surface area (Å²) in [6, 6.07) is 10.6. The van der Waals surface area contributed by atoms with E-state index in [9.17, 15) is 0 Å². The first-order chi connectivity index (χ1) is 10.3. The molecule has 0 atom stereocenters. The summed E-state index contributed by atoms with van der Waals surface area (Å²) in [7, 11) is 0. The average Bonchev–Trinajstić information content (AvgIpc) is 3.14. The van der Waals surface area contributed by atoms with Gasteiger partial charge in [-0.15, -0.1) is 0 Å². The first kappa shape index (κ1) is 13.5. The molecule has 0 aliphatic rings. The summed E-state index contributed by atoms with van der Waals surface area (Å²) >= 11 is 0. The van der Waals surface area contributed by atoms with Crippen LogP contribution in [0.3, 0.4) is 0 Å². The van der Waals surface area contributed by atoms with Gasteiger partial charge in [-0.05, 0) is 30.4 Å². The molecule has 2 heterocycles. The number of aromatic nitrogens is 3. The van der Waals surface area contributed by atoms with Gasteiger partial charge in [-0.3, -0.25) is 0 Å². The molecule has 0 aliphatic carbocycles. The van der Waals surface area contributed by atoms with Crippen molar-refractivity contribution in [2.75, 3.05) is 6.54 Å². The van der Waals surface area contributed by atoms with Gasteiger partial charge in [0.2, 0.25) is 0 Å². The number of nitrogens with zero attached hydrogens (tertiary/aromatic N) is 1. The van der Waals surface area contributed by atoms with E-state index in [0.29, 0.717) is 0 Å². The SMILES string of the molecule is C=C(CCc1cnc[nH]1)NCCc1cc2ccccc2[nH]1. The van der Waals surface area contributed by atoms with Gasteiger partial charge in [-0.25, -0.2) is 4.98 Å². The molecule has 0 unspecified atom stereocenters. The minimum atomic E-state index is 0.897. The largest absolute Gasteiger partial charge is 0.388 e. The molecule has 0 radical (unpaired) electrons. The molecule has 0 saturated heterocycles. The summed E-state index contributed by atoms with van der Waals surface area (Å²) in [5.41, 5.74) is 4.67. The maximum absolute atomic E-state index is 4.07. The van der Waals surface area contributed by atoms with E-state index in [2.05, 4.69) is 57.2 Å². The Morgan fingerprint density at radius 1 is 1.19 bits per heavy atom. The van der Waals surface area contributed by atoms with E-state index in [1.165, 1.54) is 16.6 Å². The summed E-state index contributed by atoms with van der Waals surface area (Å²) < 4.78 is 0. The van der Waals surface area contributed by atoms with Gasteiger partial charge in [-0.2, -0.15) is 0 Å². The molecule has 3 rings (SSSR count). The number of hydrogen-bond acceptors (Lipinski definition) is 2. The summed E-state index contributed by atoms with van der Waals surface area (Å²) in [6.07, 6.45) is 6.41. The third-order valence-corrected chi connectivity index (χ3v) is 3.61. The van der Waals surface area contributed by atoms with Crippen molar-refractivity contribution in [3.05, 3.63) is 66.5 Å². The maximum Gasteiger partial charge on any atom is 0.0921 e. The van der Waals surface area contributed by atoms with Gasteiger partial charge >= 0.3 is 0 Å². The monoisotopic (exact) mass is 280 g/mol. The van der Waals surface area contributed by atoms with Gasteiger partial charge in [0.15, 0.2) is 0 Å². The average molecular weight is 280 g/mol. The number of H-pyrrole nitrogens is 2. The summed E-state index contributed by atoms with van der Waals surface area (Å²) in [6.45, 7) is 4.97. The van der Waals surface area contributed by atoms with Gasteiger partial charge in [0.05, 0.1) is 6.33 Å². The van der Waals surface area contributed by atoms with E-state index >= 15 is 0 Å². The molecule has 3 N–H and O–H groups in total. The molecule has 2 aromatic heterocycles. The molecule has 3 aromatic rings. The fourth-order valence-corrected chi connectivity index (χ4v) is 2.44. The minimum Gasteiger partial charge on any atom is -0.388 e. The predicted molar refractivity (Wildman–Crippen MR) is 86.1 cm³/mol. The fraction of sp³-hybridized carbons (Fsp3) is 0.235. The summed E-state index contributed by atoms with van der Waals surface area (Å²) in [5, 5.41) is 4.66. The Labute approximate surface area is 124 Å². The van der Waals surface area contributed by atoms with Crippen LogP contribution in [0.15, 0.2) is 55.1 Å². The van der Waals surface area contributed by atoms with Gasteiger partial charge < -0.3 is 15.3 Å². The lowest BCUT2D eigenvalue weighted by Crippen LogP contribution is -2.16. The molecule has 0 aliphatic heterocycles. The lowest BCUT2D eigenvalue weighted by Gasteiger charge is -2.08.